The van der Waals surface area contributed by atoms with Crippen LogP contribution >= 0.6 is 0 Å². The molecule has 1 unspecified atom stereocenters. The van der Waals surface area contributed by atoms with Crippen molar-refractivity contribution in [3.8, 4) is 17.0 Å². The Morgan fingerprint density at radius 3 is 2.70 bits per heavy atom. The average molecular weight is 361 g/mol. The molecule has 7 nitrogen and oxygen atoms in total. The van der Waals surface area contributed by atoms with Crippen molar-refractivity contribution in [1.29, 1.82) is 0 Å². The third-order valence-corrected chi connectivity index (χ3v) is 4.23. The van der Waals surface area contributed by atoms with Crippen LogP contribution in [0.4, 0.5) is 5.82 Å². The number of nitrogens with two attached hydrogens (primary N) is 2. The molecule has 5 N–H and O–H groups in total. The number of nitrogens with zero attached hydrogens (tertiary/aromatic N) is 3. The lowest BCUT2D eigenvalue weighted by Crippen LogP contribution is -2.12. The first-order chi connectivity index (χ1) is 13.1. The maximum Gasteiger partial charge on any atom is 0.161 e. The summed E-state index contributed by atoms with van der Waals surface area (Å²) >= 11 is 0. The van der Waals surface area contributed by atoms with E-state index in [0.717, 1.165) is 11.1 Å². The summed E-state index contributed by atoms with van der Waals surface area (Å²) in [4.78, 5) is 8.62. The van der Waals surface area contributed by atoms with Gasteiger partial charge in [-0.1, -0.05) is 42.5 Å². The van der Waals surface area contributed by atoms with Crippen LogP contribution in [0.3, 0.4) is 0 Å². The Morgan fingerprint density at radius 2 is 1.93 bits per heavy atom. The summed E-state index contributed by atoms with van der Waals surface area (Å²) in [6, 6.07) is 17.5. The van der Waals surface area contributed by atoms with Gasteiger partial charge < -0.3 is 15.6 Å². The van der Waals surface area contributed by atoms with Gasteiger partial charge in [0.2, 0.25) is 0 Å². The van der Waals surface area contributed by atoms with E-state index in [4.69, 9.17) is 16.2 Å². The second-order valence-corrected chi connectivity index (χ2v) is 6.10. The van der Waals surface area contributed by atoms with Gasteiger partial charge in [0.25, 0.3) is 0 Å². The number of hydrogen-bond acceptors (Lipinski definition) is 6. The van der Waals surface area contributed by atoms with Gasteiger partial charge in [-0.3, -0.25) is 10.1 Å². The van der Waals surface area contributed by atoms with Gasteiger partial charge in [-0.05, 0) is 17.7 Å². The Balaban J connectivity index is 1.72. The zero-order valence-corrected chi connectivity index (χ0v) is 14.5. The van der Waals surface area contributed by atoms with Crippen molar-refractivity contribution in [2.45, 2.75) is 12.8 Å². The molecule has 0 spiro atoms. The summed E-state index contributed by atoms with van der Waals surface area (Å²) in [5.41, 5.74) is 14.8. The summed E-state index contributed by atoms with van der Waals surface area (Å²) in [6.07, 6.45) is 1.98. The molecule has 0 radical (unpaired) electrons. The van der Waals surface area contributed by atoms with Gasteiger partial charge >= 0.3 is 0 Å². The highest BCUT2D eigenvalue weighted by Crippen LogP contribution is 2.31. The SMILES string of the molecule is Nc1nccn2c(C(N)O)nc(-c3cccc(OCc4ccccc4)c3)c12. The van der Waals surface area contributed by atoms with Crippen LogP contribution in [0.5, 0.6) is 5.75 Å². The Kier molecular flexibility index (Phi) is 4.45. The molecule has 0 amide bonds. The Hall–Kier alpha value is -3.42. The van der Waals surface area contributed by atoms with Crippen molar-refractivity contribution in [2.75, 3.05) is 5.73 Å². The van der Waals surface area contributed by atoms with E-state index in [0.29, 0.717) is 35.2 Å². The van der Waals surface area contributed by atoms with Crippen LogP contribution in [0.2, 0.25) is 0 Å². The first kappa shape index (κ1) is 17.0. The smallest absolute Gasteiger partial charge is 0.161 e. The first-order valence-electron chi connectivity index (χ1n) is 8.47. The van der Waals surface area contributed by atoms with E-state index in [-0.39, 0.29) is 0 Å². The lowest BCUT2D eigenvalue weighted by molar-refractivity contribution is 0.175. The number of ether oxygens (including phenoxy) is 1. The number of rotatable bonds is 5. The minimum atomic E-state index is -1.23. The van der Waals surface area contributed by atoms with Crippen molar-refractivity contribution >= 4 is 11.3 Å². The van der Waals surface area contributed by atoms with Crippen molar-refractivity contribution in [3.63, 3.8) is 0 Å². The molecule has 2 aromatic heterocycles. The fourth-order valence-electron chi connectivity index (χ4n) is 2.97. The van der Waals surface area contributed by atoms with Crippen molar-refractivity contribution in [2.24, 2.45) is 5.73 Å². The zero-order valence-electron chi connectivity index (χ0n) is 14.5. The molecule has 2 aromatic carbocycles. The molecule has 1 atom stereocenters. The number of nitrogen functional groups attached to an aromatic ring is 1. The molecule has 0 saturated heterocycles. The van der Waals surface area contributed by atoms with Gasteiger partial charge in [-0.15, -0.1) is 0 Å². The molecule has 0 aliphatic rings. The minimum absolute atomic E-state index is 0.296. The number of aliphatic hydroxyl groups excluding tert-OH is 1. The lowest BCUT2D eigenvalue weighted by atomic mass is 10.1. The van der Waals surface area contributed by atoms with E-state index < -0.39 is 6.23 Å². The van der Waals surface area contributed by atoms with Crippen molar-refractivity contribution in [1.82, 2.24) is 14.4 Å². The summed E-state index contributed by atoms with van der Waals surface area (Å²) in [5, 5.41) is 9.85. The number of aromatic nitrogens is 3. The molecule has 0 aliphatic carbocycles. The fraction of sp³-hybridized carbons (Fsp3) is 0.100. The van der Waals surface area contributed by atoms with Crippen LogP contribution in [0.15, 0.2) is 67.0 Å². The number of fused-ring (bicyclic) bond motifs is 1. The van der Waals surface area contributed by atoms with E-state index >= 15 is 0 Å². The molecule has 0 bridgehead atoms. The van der Waals surface area contributed by atoms with Gasteiger partial charge in [0, 0.05) is 18.0 Å². The van der Waals surface area contributed by atoms with E-state index in [1.54, 1.807) is 16.8 Å². The van der Waals surface area contributed by atoms with E-state index in [1.165, 1.54) is 0 Å². The van der Waals surface area contributed by atoms with Crippen LogP contribution in [0.1, 0.15) is 17.6 Å². The second kappa shape index (κ2) is 7.06. The fourth-order valence-corrected chi connectivity index (χ4v) is 2.97. The first-order valence-corrected chi connectivity index (χ1v) is 8.47. The van der Waals surface area contributed by atoms with Crippen LogP contribution in [0, 0.1) is 0 Å². The monoisotopic (exact) mass is 361 g/mol. The summed E-state index contributed by atoms with van der Waals surface area (Å²) in [6.45, 7) is 0.463. The number of anilines is 1. The molecular formula is C20H19N5O2. The largest absolute Gasteiger partial charge is 0.489 e. The quantitative estimate of drug-likeness (QED) is 0.471. The highest BCUT2D eigenvalue weighted by atomic mass is 16.5. The Labute approximate surface area is 155 Å². The molecular weight excluding hydrogens is 342 g/mol. The number of imidazole rings is 1. The highest BCUT2D eigenvalue weighted by molar-refractivity contribution is 5.85. The van der Waals surface area contributed by atoms with Gasteiger partial charge in [-0.2, -0.15) is 0 Å². The molecule has 7 heteroatoms. The Morgan fingerprint density at radius 1 is 1.11 bits per heavy atom. The van der Waals surface area contributed by atoms with E-state index in [2.05, 4.69) is 9.97 Å². The van der Waals surface area contributed by atoms with Crippen molar-refractivity contribution in [3.05, 3.63) is 78.4 Å². The topological polar surface area (TPSA) is 112 Å². The van der Waals surface area contributed by atoms with Gasteiger partial charge in [0.1, 0.15) is 29.4 Å². The standard InChI is InChI=1S/C20H19N5O2/c21-18-17-16(24-20(19(22)26)25(17)10-9-23-18)14-7-4-8-15(11-14)27-12-13-5-2-1-3-6-13/h1-11,19,26H,12,22H2,(H2,21,23). The minimum Gasteiger partial charge on any atom is -0.489 e. The van der Waals surface area contributed by atoms with Crippen LogP contribution in [-0.4, -0.2) is 19.5 Å². The molecule has 0 saturated carbocycles. The maximum atomic E-state index is 9.85. The lowest BCUT2D eigenvalue weighted by Gasteiger charge is -2.08. The van der Waals surface area contributed by atoms with Crippen LogP contribution < -0.4 is 16.2 Å². The molecule has 2 heterocycles. The van der Waals surface area contributed by atoms with E-state index in [1.807, 2.05) is 54.6 Å². The molecule has 27 heavy (non-hydrogen) atoms. The molecule has 4 rings (SSSR count). The van der Waals surface area contributed by atoms with Crippen LogP contribution in [0.25, 0.3) is 16.8 Å². The molecule has 0 fully saturated rings. The maximum absolute atomic E-state index is 9.85. The predicted molar refractivity (Wildman–Crippen MR) is 103 cm³/mol. The highest BCUT2D eigenvalue weighted by Gasteiger charge is 2.19. The number of benzene rings is 2. The number of hydrogen-bond donors (Lipinski definition) is 3. The second-order valence-electron chi connectivity index (χ2n) is 6.10. The predicted octanol–water partition coefficient (Wildman–Crippen LogP) is 2.51. The molecule has 136 valence electrons. The van der Waals surface area contributed by atoms with Crippen molar-refractivity contribution < 1.29 is 9.84 Å². The van der Waals surface area contributed by atoms with Gasteiger partial charge in [0.05, 0.1) is 0 Å². The summed E-state index contributed by atoms with van der Waals surface area (Å²) < 4.78 is 7.55. The third-order valence-electron chi connectivity index (χ3n) is 4.23. The molecule has 4 aromatic rings. The average Bonchev–Trinajstić information content (AvgIpc) is 3.09. The number of aliphatic hydroxyl groups is 1. The molecule has 0 aliphatic heterocycles. The Bertz CT molecular complexity index is 1080. The summed E-state index contributed by atoms with van der Waals surface area (Å²) in [7, 11) is 0. The van der Waals surface area contributed by atoms with Crippen LogP contribution in [-0.2, 0) is 6.61 Å². The zero-order chi connectivity index (χ0) is 18.8. The van der Waals surface area contributed by atoms with Gasteiger partial charge in [-0.25, -0.2) is 9.97 Å². The summed E-state index contributed by atoms with van der Waals surface area (Å²) in [5.74, 6) is 1.31. The van der Waals surface area contributed by atoms with Gasteiger partial charge in [0.15, 0.2) is 12.1 Å². The normalized spacial score (nSPS) is 12.2. The third kappa shape index (κ3) is 3.33. The van der Waals surface area contributed by atoms with E-state index in [9.17, 15) is 5.11 Å².